The van der Waals surface area contributed by atoms with Crippen molar-refractivity contribution < 1.29 is 13.9 Å². The van der Waals surface area contributed by atoms with Crippen LogP contribution in [0.5, 0.6) is 5.75 Å². The van der Waals surface area contributed by atoms with Crippen LogP contribution in [0.25, 0.3) is 10.2 Å². The molecule has 0 saturated carbocycles. The average Bonchev–Trinajstić information content (AvgIpc) is 3.03. The Balaban J connectivity index is 1.93. The molecule has 0 radical (unpaired) electrons. The number of furan rings is 1. The molecule has 0 unspecified atom stereocenters. The van der Waals surface area contributed by atoms with Crippen LogP contribution < -0.4 is 15.8 Å². The monoisotopic (exact) mass is 303 g/mol. The molecule has 0 aliphatic heterocycles. The molecular weight excluding hydrogens is 290 g/mol. The molecule has 2 heterocycles. The van der Waals surface area contributed by atoms with Gasteiger partial charge in [-0.2, -0.15) is 0 Å². The number of amides is 1. The van der Waals surface area contributed by atoms with Gasteiger partial charge < -0.3 is 14.9 Å². The number of nitrogens with one attached hydrogen (secondary N) is 1. The lowest BCUT2D eigenvalue weighted by molar-refractivity contribution is 0.102. The highest BCUT2D eigenvalue weighted by molar-refractivity contribution is 7.22. The second-order valence-corrected chi connectivity index (χ2v) is 5.52. The van der Waals surface area contributed by atoms with Gasteiger partial charge in [0.1, 0.15) is 23.3 Å². The van der Waals surface area contributed by atoms with Crippen LogP contribution in [0.15, 0.2) is 28.9 Å². The number of ether oxygens (including phenoxy) is 1. The predicted octanol–water partition coefficient (Wildman–Crippen LogP) is 3.04. The number of nitrogens with two attached hydrogens (primary N) is 1. The Morgan fingerprint density at radius 2 is 2.24 bits per heavy atom. The van der Waals surface area contributed by atoms with Crippen molar-refractivity contribution in [2.24, 2.45) is 0 Å². The average molecular weight is 303 g/mol. The van der Waals surface area contributed by atoms with Gasteiger partial charge in [0.05, 0.1) is 17.4 Å². The summed E-state index contributed by atoms with van der Waals surface area (Å²) in [5, 5.41) is 3.23. The molecule has 1 amide bonds. The van der Waals surface area contributed by atoms with Crippen molar-refractivity contribution in [3.8, 4) is 5.75 Å². The van der Waals surface area contributed by atoms with Crippen LogP contribution in [-0.4, -0.2) is 18.0 Å². The summed E-state index contributed by atoms with van der Waals surface area (Å²) in [5.41, 5.74) is 7.53. The Labute approximate surface area is 124 Å². The van der Waals surface area contributed by atoms with Crippen LogP contribution >= 0.6 is 11.3 Å². The number of thiazole rings is 1. The van der Waals surface area contributed by atoms with E-state index in [0.717, 1.165) is 4.70 Å². The van der Waals surface area contributed by atoms with Crippen LogP contribution in [-0.2, 0) is 0 Å². The molecule has 108 valence electrons. The zero-order valence-electron chi connectivity index (χ0n) is 11.5. The number of aryl methyl sites for hydroxylation is 1. The number of anilines is 2. The summed E-state index contributed by atoms with van der Waals surface area (Å²) in [6, 6.07) is 5.17. The van der Waals surface area contributed by atoms with E-state index in [4.69, 9.17) is 14.9 Å². The van der Waals surface area contributed by atoms with E-state index in [2.05, 4.69) is 10.3 Å². The van der Waals surface area contributed by atoms with Gasteiger partial charge in [0, 0.05) is 11.8 Å². The minimum Gasteiger partial charge on any atom is -0.494 e. The van der Waals surface area contributed by atoms with E-state index in [1.54, 1.807) is 32.2 Å². The van der Waals surface area contributed by atoms with Crippen LogP contribution in [0, 0.1) is 6.92 Å². The fourth-order valence-corrected chi connectivity index (χ4v) is 2.89. The molecule has 1 aromatic carbocycles. The highest BCUT2D eigenvalue weighted by atomic mass is 32.1. The SMILES string of the molecule is COc1cc(N)cc2sc(NC(=O)c3coc(C)c3)nc12. The smallest absolute Gasteiger partial charge is 0.260 e. The maximum absolute atomic E-state index is 12.1. The summed E-state index contributed by atoms with van der Waals surface area (Å²) >= 11 is 1.34. The van der Waals surface area contributed by atoms with Crippen LogP contribution in [0.1, 0.15) is 16.1 Å². The lowest BCUT2D eigenvalue weighted by Crippen LogP contribution is -2.10. The molecule has 0 saturated heterocycles. The number of fused-ring (bicyclic) bond motifs is 1. The van der Waals surface area contributed by atoms with Gasteiger partial charge in [-0.15, -0.1) is 0 Å². The summed E-state index contributed by atoms with van der Waals surface area (Å²) in [4.78, 5) is 16.4. The second kappa shape index (κ2) is 5.10. The topological polar surface area (TPSA) is 90.4 Å². The van der Waals surface area contributed by atoms with E-state index < -0.39 is 0 Å². The predicted molar refractivity (Wildman–Crippen MR) is 82.0 cm³/mol. The minimum atomic E-state index is -0.266. The Kier molecular flexibility index (Phi) is 3.26. The van der Waals surface area contributed by atoms with Crippen molar-refractivity contribution in [3.63, 3.8) is 0 Å². The highest BCUT2D eigenvalue weighted by Crippen LogP contribution is 2.34. The number of carbonyl (C=O) groups excluding carboxylic acids is 1. The first kappa shape index (κ1) is 13.4. The Bertz CT molecular complexity index is 822. The number of hydrogen-bond donors (Lipinski definition) is 2. The van der Waals surface area contributed by atoms with Gasteiger partial charge in [-0.25, -0.2) is 4.98 Å². The molecule has 0 aliphatic carbocycles. The molecule has 0 bridgehead atoms. The van der Waals surface area contributed by atoms with Gasteiger partial charge in [0.15, 0.2) is 5.13 Å². The highest BCUT2D eigenvalue weighted by Gasteiger charge is 2.14. The van der Waals surface area contributed by atoms with Crippen molar-refractivity contribution in [2.45, 2.75) is 6.92 Å². The van der Waals surface area contributed by atoms with Gasteiger partial charge in [0.25, 0.3) is 5.91 Å². The number of benzene rings is 1. The summed E-state index contributed by atoms with van der Waals surface area (Å²) in [7, 11) is 1.56. The zero-order chi connectivity index (χ0) is 15.0. The fraction of sp³-hybridized carbons (Fsp3) is 0.143. The van der Waals surface area contributed by atoms with Gasteiger partial charge in [-0.05, 0) is 19.1 Å². The van der Waals surface area contributed by atoms with E-state index in [-0.39, 0.29) is 5.91 Å². The molecule has 0 spiro atoms. The molecule has 3 N–H and O–H groups in total. The summed E-state index contributed by atoms with van der Waals surface area (Å²) < 4.78 is 11.2. The van der Waals surface area contributed by atoms with E-state index in [0.29, 0.717) is 33.4 Å². The largest absolute Gasteiger partial charge is 0.494 e. The lowest BCUT2D eigenvalue weighted by atomic mass is 10.3. The molecule has 0 fully saturated rings. The molecule has 0 atom stereocenters. The van der Waals surface area contributed by atoms with Crippen LogP contribution in [0.4, 0.5) is 10.8 Å². The van der Waals surface area contributed by atoms with Gasteiger partial charge in [-0.3, -0.25) is 10.1 Å². The minimum absolute atomic E-state index is 0.266. The fourth-order valence-electron chi connectivity index (χ4n) is 1.96. The lowest BCUT2D eigenvalue weighted by Gasteiger charge is -2.01. The third-order valence-electron chi connectivity index (χ3n) is 2.92. The number of carbonyl (C=O) groups is 1. The maximum Gasteiger partial charge on any atom is 0.260 e. The third-order valence-corrected chi connectivity index (χ3v) is 3.83. The second-order valence-electron chi connectivity index (χ2n) is 4.49. The molecule has 3 aromatic rings. The Hall–Kier alpha value is -2.54. The number of nitrogen functional groups attached to an aromatic ring is 1. The number of nitrogens with zero attached hydrogens (tertiary/aromatic N) is 1. The molecule has 21 heavy (non-hydrogen) atoms. The number of hydrogen-bond acceptors (Lipinski definition) is 6. The van der Waals surface area contributed by atoms with Gasteiger partial charge >= 0.3 is 0 Å². The number of methoxy groups -OCH3 is 1. The summed E-state index contributed by atoms with van der Waals surface area (Å²) in [5.74, 6) is 0.998. The molecule has 0 aliphatic rings. The van der Waals surface area contributed by atoms with Crippen molar-refractivity contribution >= 4 is 38.3 Å². The van der Waals surface area contributed by atoms with Crippen molar-refractivity contribution in [2.75, 3.05) is 18.2 Å². The first-order chi connectivity index (χ1) is 10.1. The first-order valence-corrected chi connectivity index (χ1v) is 6.99. The summed E-state index contributed by atoms with van der Waals surface area (Å²) in [6.07, 6.45) is 1.41. The summed E-state index contributed by atoms with van der Waals surface area (Å²) in [6.45, 7) is 1.78. The van der Waals surface area contributed by atoms with Crippen LogP contribution in [0.3, 0.4) is 0 Å². The molecule has 2 aromatic heterocycles. The van der Waals surface area contributed by atoms with Gasteiger partial charge in [0.2, 0.25) is 0 Å². The number of rotatable bonds is 3. The first-order valence-electron chi connectivity index (χ1n) is 6.17. The third kappa shape index (κ3) is 2.55. The van der Waals surface area contributed by atoms with Crippen molar-refractivity contribution in [1.29, 1.82) is 0 Å². The maximum atomic E-state index is 12.1. The van der Waals surface area contributed by atoms with E-state index in [1.807, 2.05) is 0 Å². The molecule has 6 nitrogen and oxygen atoms in total. The normalized spacial score (nSPS) is 10.8. The molecule has 7 heteroatoms. The van der Waals surface area contributed by atoms with E-state index >= 15 is 0 Å². The quantitative estimate of drug-likeness (QED) is 0.726. The van der Waals surface area contributed by atoms with Crippen LogP contribution in [0.2, 0.25) is 0 Å². The van der Waals surface area contributed by atoms with Gasteiger partial charge in [-0.1, -0.05) is 11.3 Å². The zero-order valence-corrected chi connectivity index (χ0v) is 12.3. The van der Waals surface area contributed by atoms with E-state index in [9.17, 15) is 4.79 Å². The number of aromatic nitrogens is 1. The van der Waals surface area contributed by atoms with Crippen molar-refractivity contribution in [1.82, 2.24) is 4.98 Å². The molecule has 3 rings (SSSR count). The Morgan fingerprint density at radius 1 is 1.43 bits per heavy atom. The van der Waals surface area contributed by atoms with E-state index in [1.165, 1.54) is 17.6 Å². The molecular formula is C14H13N3O3S. The standard InChI is InChI=1S/C14H13N3O3S/c1-7-3-8(6-20-7)13(18)17-14-16-12-10(19-2)4-9(15)5-11(12)21-14/h3-6H,15H2,1-2H3,(H,16,17,18). The van der Waals surface area contributed by atoms with Crippen molar-refractivity contribution in [3.05, 3.63) is 35.8 Å². The Morgan fingerprint density at radius 3 is 2.90 bits per heavy atom.